The molecule has 6 heteroatoms. The van der Waals surface area contributed by atoms with Gasteiger partial charge in [-0.05, 0) is 48.9 Å². The SMILES string of the molecule is Cc1cc(CNC(=O)N(C)[C@@H]2CCCN(C(=O)CCc3ccccc3)C2)ccc1Cl. The summed E-state index contributed by atoms with van der Waals surface area (Å²) in [7, 11) is 1.81. The van der Waals surface area contributed by atoms with Crippen molar-refractivity contribution in [1.29, 1.82) is 0 Å². The van der Waals surface area contributed by atoms with E-state index in [2.05, 4.69) is 5.32 Å². The summed E-state index contributed by atoms with van der Waals surface area (Å²) in [4.78, 5) is 29.0. The van der Waals surface area contributed by atoms with Crippen LogP contribution in [0.15, 0.2) is 48.5 Å². The Kier molecular flexibility index (Phi) is 7.75. The van der Waals surface area contributed by atoms with Crippen LogP contribution in [0.2, 0.25) is 5.02 Å². The van der Waals surface area contributed by atoms with E-state index in [4.69, 9.17) is 11.6 Å². The molecule has 0 bridgehead atoms. The van der Waals surface area contributed by atoms with Crippen LogP contribution in [-0.4, -0.2) is 47.9 Å². The van der Waals surface area contributed by atoms with E-state index in [1.807, 2.05) is 67.4 Å². The molecule has 2 aromatic rings. The number of nitrogens with one attached hydrogen (secondary N) is 1. The summed E-state index contributed by atoms with van der Waals surface area (Å²) in [5.74, 6) is 0.161. The minimum absolute atomic E-state index is 0.0337. The van der Waals surface area contributed by atoms with Gasteiger partial charge in [0.1, 0.15) is 0 Å². The van der Waals surface area contributed by atoms with E-state index < -0.39 is 0 Å². The maximum atomic E-state index is 12.7. The fourth-order valence-electron chi connectivity index (χ4n) is 3.84. The molecule has 2 aromatic carbocycles. The molecular formula is C24H30ClN3O2. The van der Waals surface area contributed by atoms with E-state index in [-0.39, 0.29) is 18.0 Å². The minimum atomic E-state index is -0.119. The van der Waals surface area contributed by atoms with Crippen LogP contribution in [0.1, 0.15) is 36.0 Å². The van der Waals surface area contributed by atoms with Gasteiger partial charge in [-0.3, -0.25) is 4.79 Å². The first-order valence-electron chi connectivity index (χ1n) is 10.5. The van der Waals surface area contributed by atoms with Crippen LogP contribution in [0, 0.1) is 6.92 Å². The van der Waals surface area contributed by atoms with Crippen LogP contribution >= 0.6 is 11.6 Å². The summed E-state index contributed by atoms with van der Waals surface area (Å²) in [6.45, 7) is 3.76. The van der Waals surface area contributed by atoms with Crippen LogP contribution in [0.25, 0.3) is 0 Å². The van der Waals surface area contributed by atoms with Crippen molar-refractivity contribution in [2.24, 2.45) is 0 Å². The third-order valence-corrected chi connectivity index (χ3v) is 6.18. The number of carbonyl (C=O) groups excluding carboxylic acids is 2. The Morgan fingerprint density at radius 1 is 1.17 bits per heavy atom. The average molecular weight is 428 g/mol. The van der Waals surface area contributed by atoms with Gasteiger partial charge in [-0.2, -0.15) is 0 Å². The lowest BCUT2D eigenvalue weighted by atomic mass is 10.0. The zero-order valence-corrected chi connectivity index (χ0v) is 18.5. The van der Waals surface area contributed by atoms with Gasteiger partial charge in [0, 0.05) is 38.1 Å². The molecule has 1 N–H and O–H groups in total. The highest BCUT2D eigenvalue weighted by molar-refractivity contribution is 6.31. The van der Waals surface area contributed by atoms with E-state index in [0.717, 1.165) is 42.0 Å². The number of benzene rings is 2. The lowest BCUT2D eigenvalue weighted by Gasteiger charge is -2.37. The van der Waals surface area contributed by atoms with Crippen molar-refractivity contribution in [1.82, 2.24) is 15.1 Å². The van der Waals surface area contributed by atoms with Crippen molar-refractivity contribution in [2.75, 3.05) is 20.1 Å². The summed E-state index contributed by atoms with van der Waals surface area (Å²) in [5.41, 5.74) is 3.18. The second kappa shape index (κ2) is 10.5. The Morgan fingerprint density at radius 2 is 1.93 bits per heavy atom. The van der Waals surface area contributed by atoms with Gasteiger partial charge in [-0.1, -0.05) is 54.1 Å². The first kappa shape index (κ1) is 22.2. The van der Waals surface area contributed by atoms with Crippen molar-refractivity contribution in [2.45, 2.75) is 45.2 Å². The molecule has 3 rings (SSSR count). The highest BCUT2D eigenvalue weighted by Gasteiger charge is 2.28. The number of amides is 3. The number of aryl methyl sites for hydroxylation is 2. The van der Waals surface area contributed by atoms with Gasteiger partial charge in [0.2, 0.25) is 5.91 Å². The second-order valence-electron chi connectivity index (χ2n) is 7.97. The maximum Gasteiger partial charge on any atom is 0.317 e. The third-order valence-electron chi connectivity index (χ3n) is 5.75. The van der Waals surface area contributed by atoms with E-state index in [1.165, 1.54) is 5.56 Å². The first-order chi connectivity index (χ1) is 14.4. The van der Waals surface area contributed by atoms with Gasteiger partial charge in [0.25, 0.3) is 0 Å². The van der Waals surface area contributed by atoms with E-state index in [9.17, 15) is 9.59 Å². The first-order valence-corrected chi connectivity index (χ1v) is 10.9. The molecule has 3 amide bonds. The van der Waals surface area contributed by atoms with Crippen molar-refractivity contribution in [3.05, 3.63) is 70.2 Å². The number of halogens is 1. The molecule has 0 spiro atoms. The molecule has 1 aliphatic rings. The summed E-state index contributed by atoms with van der Waals surface area (Å²) in [6, 6.07) is 15.7. The fraction of sp³-hybridized carbons (Fsp3) is 0.417. The molecule has 0 saturated carbocycles. The monoisotopic (exact) mass is 427 g/mol. The van der Waals surface area contributed by atoms with Crippen LogP contribution in [0.3, 0.4) is 0 Å². The number of nitrogens with zero attached hydrogens (tertiary/aromatic N) is 2. The number of likely N-dealkylation sites (tertiary alicyclic amines) is 1. The van der Waals surface area contributed by atoms with Gasteiger partial charge < -0.3 is 15.1 Å². The van der Waals surface area contributed by atoms with Gasteiger partial charge in [0.15, 0.2) is 0 Å². The van der Waals surface area contributed by atoms with E-state index in [1.54, 1.807) is 4.90 Å². The summed E-state index contributed by atoms with van der Waals surface area (Å²) in [6.07, 6.45) is 3.07. The molecule has 0 aliphatic carbocycles. The molecule has 0 unspecified atom stereocenters. The Bertz CT molecular complexity index is 872. The molecular weight excluding hydrogens is 398 g/mol. The second-order valence-corrected chi connectivity index (χ2v) is 8.38. The number of rotatable bonds is 6. The molecule has 0 radical (unpaired) electrons. The minimum Gasteiger partial charge on any atom is -0.341 e. The van der Waals surface area contributed by atoms with Gasteiger partial charge in [0.05, 0.1) is 6.04 Å². The third kappa shape index (κ3) is 5.99. The quantitative estimate of drug-likeness (QED) is 0.742. The molecule has 1 aliphatic heterocycles. The van der Waals surface area contributed by atoms with E-state index >= 15 is 0 Å². The predicted octanol–water partition coefficient (Wildman–Crippen LogP) is 4.41. The summed E-state index contributed by atoms with van der Waals surface area (Å²) < 4.78 is 0. The maximum absolute atomic E-state index is 12.7. The lowest BCUT2D eigenvalue weighted by Crippen LogP contribution is -2.52. The number of piperidine rings is 1. The summed E-state index contributed by atoms with van der Waals surface area (Å²) in [5, 5.41) is 3.70. The van der Waals surface area contributed by atoms with Gasteiger partial charge in [-0.15, -0.1) is 0 Å². The highest BCUT2D eigenvalue weighted by atomic mass is 35.5. The zero-order chi connectivity index (χ0) is 21.5. The number of hydrogen-bond donors (Lipinski definition) is 1. The number of hydrogen-bond acceptors (Lipinski definition) is 2. The van der Waals surface area contributed by atoms with Crippen molar-refractivity contribution in [3.63, 3.8) is 0 Å². The van der Waals surface area contributed by atoms with Crippen molar-refractivity contribution >= 4 is 23.5 Å². The Balaban J connectivity index is 1.48. The van der Waals surface area contributed by atoms with E-state index in [0.29, 0.717) is 19.5 Å². The fourth-order valence-corrected chi connectivity index (χ4v) is 3.95. The Labute approximate surface area is 184 Å². The van der Waals surface area contributed by atoms with Crippen LogP contribution in [-0.2, 0) is 17.8 Å². The van der Waals surface area contributed by atoms with Gasteiger partial charge >= 0.3 is 6.03 Å². The molecule has 1 atom stereocenters. The highest BCUT2D eigenvalue weighted by Crippen LogP contribution is 2.18. The molecule has 1 fully saturated rings. The largest absolute Gasteiger partial charge is 0.341 e. The number of carbonyl (C=O) groups is 2. The molecule has 0 aromatic heterocycles. The van der Waals surface area contributed by atoms with Crippen molar-refractivity contribution in [3.8, 4) is 0 Å². The predicted molar refractivity (Wildman–Crippen MR) is 121 cm³/mol. The van der Waals surface area contributed by atoms with Crippen LogP contribution in [0.4, 0.5) is 4.79 Å². The molecule has 1 heterocycles. The van der Waals surface area contributed by atoms with Gasteiger partial charge in [-0.25, -0.2) is 4.79 Å². The Morgan fingerprint density at radius 3 is 2.67 bits per heavy atom. The van der Waals surface area contributed by atoms with Crippen molar-refractivity contribution < 1.29 is 9.59 Å². The standard InChI is InChI=1S/C24H30ClN3O2/c1-18-15-20(10-12-22(18)25)16-26-24(30)27(2)21-9-6-14-28(17-21)23(29)13-11-19-7-4-3-5-8-19/h3-5,7-8,10,12,15,21H,6,9,11,13-14,16-17H2,1-2H3,(H,26,30)/t21-/m1/s1. The summed E-state index contributed by atoms with van der Waals surface area (Å²) >= 11 is 6.06. The smallest absolute Gasteiger partial charge is 0.317 e. The lowest BCUT2D eigenvalue weighted by molar-refractivity contribution is -0.133. The molecule has 30 heavy (non-hydrogen) atoms. The number of likely N-dealkylation sites (N-methyl/N-ethyl adjacent to an activating group) is 1. The Hall–Kier alpha value is -2.53. The zero-order valence-electron chi connectivity index (χ0n) is 17.7. The normalized spacial score (nSPS) is 16.2. The topological polar surface area (TPSA) is 52.7 Å². The molecule has 5 nitrogen and oxygen atoms in total. The van der Waals surface area contributed by atoms with Crippen LogP contribution < -0.4 is 5.32 Å². The average Bonchev–Trinajstić information content (AvgIpc) is 2.78. The molecule has 160 valence electrons. The van der Waals surface area contributed by atoms with Crippen LogP contribution in [0.5, 0.6) is 0 Å². The number of urea groups is 1. The molecule has 1 saturated heterocycles.